The van der Waals surface area contributed by atoms with Crippen LogP contribution in [-0.2, 0) is 9.53 Å². The molecule has 4 fully saturated rings. The Balaban J connectivity index is 1.30. The number of fused-ring (bicyclic) bond motifs is 1. The zero-order valence-corrected chi connectivity index (χ0v) is 14.4. The molecule has 2 N–H and O–H groups in total. The van der Waals surface area contributed by atoms with Gasteiger partial charge in [0.05, 0.1) is 31.3 Å². The van der Waals surface area contributed by atoms with Gasteiger partial charge in [0, 0.05) is 18.2 Å². The lowest BCUT2D eigenvalue weighted by Gasteiger charge is -2.40. The van der Waals surface area contributed by atoms with E-state index in [4.69, 9.17) is 10.1 Å². The predicted molar refractivity (Wildman–Crippen MR) is 89.0 cm³/mol. The van der Waals surface area contributed by atoms with E-state index in [1.54, 1.807) is 0 Å². The van der Waals surface area contributed by atoms with Gasteiger partial charge in [0.2, 0.25) is 5.91 Å². The molecule has 0 radical (unpaired) electrons. The van der Waals surface area contributed by atoms with Crippen molar-refractivity contribution in [1.82, 2.24) is 10.2 Å². The minimum Gasteiger partial charge on any atom is -0.375 e. The van der Waals surface area contributed by atoms with Crippen LogP contribution in [0.25, 0.3) is 0 Å². The van der Waals surface area contributed by atoms with Crippen molar-refractivity contribution >= 4 is 12.1 Å². The number of alkyl halides is 1. The molecule has 0 bridgehead atoms. The summed E-state index contributed by atoms with van der Waals surface area (Å²) in [4.78, 5) is 14.0. The molecule has 4 aliphatic rings. The Labute approximate surface area is 142 Å². The predicted octanol–water partition coefficient (Wildman–Crippen LogP) is 1.90. The molecule has 1 amide bonds. The van der Waals surface area contributed by atoms with Gasteiger partial charge in [-0.2, -0.15) is 0 Å². The number of rotatable bonds is 4. The van der Waals surface area contributed by atoms with E-state index in [2.05, 4.69) is 12.2 Å². The molecule has 2 heterocycles. The van der Waals surface area contributed by atoms with E-state index in [9.17, 15) is 9.18 Å². The number of carbonyl (C=O) groups is 1. The number of likely N-dealkylation sites (tertiary alicyclic amines) is 1. The molecule has 2 saturated heterocycles. The molecule has 2 aliphatic carbocycles. The maximum Gasteiger partial charge on any atom is 0.237 e. The molecule has 1 unspecified atom stereocenters. The third kappa shape index (κ3) is 2.77. The Bertz CT molecular complexity index is 520. The third-order valence-corrected chi connectivity index (χ3v) is 6.80. The first-order valence-corrected chi connectivity index (χ1v) is 9.25. The molecule has 5 nitrogen and oxygen atoms in total. The third-order valence-electron chi connectivity index (χ3n) is 6.80. The van der Waals surface area contributed by atoms with Gasteiger partial charge >= 0.3 is 0 Å². The van der Waals surface area contributed by atoms with Crippen LogP contribution < -0.4 is 5.32 Å². The van der Waals surface area contributed by atoms with Gasteiger partial charge in [-0.25, -0.2) is 4.39 Å². The molecule has 2 aliphatic heterocycles. The number of hydrogen-bond donors (Lipinski definition) is 2. The number of hydrogen-bond acceptors (Lipinski definition) is 4. The smallest absolute Gasteiger partial charge is 0.237 e. The van der Waals surface area contributed by atoms with E-state index < -0.39 is 6.17 Å². The molecule has 0 aromatic rings. The fraction of sp³-hybridized carbons (Fsp3) is 0.889. The second-order valence-corrected chi connectivity index (χ2v) is 8.65. The fourth-order valence-corrected chi connectivity index (χ4v) is 5.60. The minimum atomic E-state index is -0.999. The summed E-state index contributed by atoms with van der Waals surface area (Å²) in [5.74, 6) is 1.32. The summed E-state index contributed by atoms with van der Waals surface area (Å²) in [7, 11) is 0. The van der Waals surface area contributed by atoms with Crippen molar-refractivity contribution < 1.29 is 13.9 Å². The van der Waals surface area contributed by atoms with Crippen LogP contribution in [-0.4, -0.2) is 60.1 Å². The van der Waals surface area contributed by atoms with E-state index in [0.717, 1.165) is 19.4 Å². The number of halogens is 1. The van der Waals surface area contributed by atoms with Gasteiger partial charge < -0.3 is 20.4 Å². The Morgan fingerprint density at radius 3 is 2.58 bits per heavy atom. The Morgan fingerprint density at radius 1 is 1.38 bits per heavy atom. The van der Waals surface area contributed by atoms with E-state index in [0.29, 0.717) is 11.8 Å². The highest BCUT2D eigenvalue weighted by molar-refractivity contribution is 5.82. The second-order valence-electron chi connectivity index (χ2n) is 8.65. The van der Waals surface area contributed by atoms with Crippen molar-refractivity contribution in [2.45, 2.75) is 68.8 Å². The zero-order chi connectivity index (χ0) is 16.9. The van der Waals surface area contributed by atoms with Crippen LogP contribution in [0.2, 0.25) is 0 Å². The highest BCUT2D eigenvalue weighted by Crippen LogP contribution is 2.56. The summed E-state index contributed by atoms with van der Waals surface area (Å²) in [6.07, 6.45) is 6.21. The van der Waals surface area contributed by atoms with E-state index in [1.165, 1.54) is 30.4 Å². The second kappa shape index (κ2) is 5.77. The van der Waals surface area contributed by atoms with Crippen molar-refractivity contribution in [3.05, 3.63) is 0 Å². The van der Waals surface area contributed by atoms with E-state index >= 15 is 0 Å². The van der Waals surface area contributed by atoms with Crippen molar-refractivity contribution in [1.29, 1.82) is 5.41 Å². The van der Waals surface area contributed by atoms with Gasteiger partial charge in [-0.05, 0) is 50.9 Å². The first-order chi connectivity index (χ1) is 11.4. The maximum atomic E-state index is 13.5. The number of nitrogens with one attached hydrogen (secondary N) is 2. The van der Waals surface area contributed by atoms with Gasteiger partial charge in [-0.15, -0.1) is 0 Å². The van der Waals surface area contributed by atoms with Crippen LogP contribution in [0, 0.1) is 17.2 Å². The number of amides is 1. The van der Waals surface area contributed by atoms with Crippen LogP contribution in [0.3, 0.4) is 0 Å². The molecule has 24 heavy (non-hydrogen) atoms. The van der Waals surface area contributed by atoms with Gasteiger partial charge in [0.1, 0.15) is 6.17 Å². The molecule has 1 spiro atoms. The van der Waals surface area contributed by atoms with Gasteiger partial charge in [-0.1, -0.05) is 0 Å². The normalized spacial score (nSPS) is 47.0. The number of carbonyl (C=O) groups excluding carboxylic acids is 1. The fourth-order valence-electron chi connectivity index (χ4n) is 5.60. The van der Waals surface area contributed by atoms with Gasteiger partial charge in [-0.3, -0.25) is 4.79 Å². The largest absolute Gasteiger partial charge is 0.375 e. The SMILES string of the molecule is C[C@@]1(NCC(=O)N2C[C@@H](F)C[C@H]2C=N)C[C@H]2CC3(CCO3)C[C@H]2C1. The Hall–Kier alpha value is -1.01. The van der Waals surface area contributed by atoms with Crippen LogP contribution in [0.5, 0.6) is 0 Å². The molecular formula is C18H28FN3O2. The number of nitrogens with zero attached hydrogens (tertiary/aromatic N) is 1. The van der Waals surface area contributed by atoms with Crippen LogP contribution in [0.1, 0.15) is 45.4 Å². The summed E-state index contributed by atoms with van der Waals surface area (Å²) >= 11 is 0. The van der Waals surface area contributed by atoms with Crippen LogP contribution in [0.4, 0.5) is 4.39 Å². The molecule has 0 aromatic heterocycles. The maximum absolute atomic E-state index is 13.5. The lowest BCUT2D eigenvalue weighted by atomic mass is 9.86. The monoisotopic (exact) mass is 337 g/mol. The summed E-state index contributed by atoms with van der Waals surface area (Å²) < 4.78 is 19.4. The first kappa shape index (κ1) is 16.5. The molecule has 0 aromatic carbocycles. The summed E-state index contributed by atoms with van der Waals surface area (Å²) in [5.41, 5.74) is 0.181. The average Bonchev–Trinajstić information content (AvgIpc) is 3.13. The van der Waals surface area contributed by atoms with Crippen molar-refractivity contribution in [3.8, 4) is 0 Å². The molecule has 6 heteroatoms. The minimum absolute atomic E-state index is 0.00857. The highest BCUT2D eigenvalue weighted by atomic mass is 19.1. The van der Waals surface area contributed by atoms with Crippen molar-refractivity contribution in [3.63, 3.8) is 0 Å². The Kier molecular flexibility index (Phi) is 3.95. The molecular weight excluding hydrogens is 309 g/mol. The zero-order valence-electron chi connectivity index (χ0n) is 14.4. The Morgan fingerprint density at radius 2 is 2.04 bits per heavy atom. The lowest BCUT2D eigenvalue weighted by Crippen LogP contribution is -2.49. The van der Waals surface area contributed by atoms with Crippen molar-refractivity contribution in [2.24, 2.45) is 11.8 Å². The quantitative estimate of drug-likeness (QED) is 0.770. The van der Waals surface area contributed by atoms with Crippen LogP contribution in [0.15, 0.2) is 0 Å². The van der Waals surface area contributed by atoms with E-state index in [-0.39, 0.29) is 42.6 Å². The number of ether oxygens (including phenoxy) is 1. The van der Waals surface area contributed by atoms with Crippen LogP contribution >= 0.6 is 0 Å². The van der Waals surface area contributed by atoms with Gasteiger partial charge in [0.25, 0.3) is 0 Å². The molecule has 6 atom stereocenters. The molecule has 2 saturated carbocycles. The topological polar surface area (TPSA) is 65.4 Å². The van der Waals surface area contributed by atoms with Crippen molar-refractivity contribution in [2.75, 3.05) is 19.7 Å². The lowest BCUT2D eigenvalue weighted by molar-refractivity contribution is -0.146. The summed E-state index contributed by atoms with van der Waals surface area (Å²) in [6, 6.07) is -0.374. The first-order valence-electron chi connectivity index (χ1n) is 9.25. The average molecular weight is 337 g/mol. The molecule has 134 valence electrons. The molecule has 4 rings (SSSR count). The van der Waals surface area contributed by atoms with E-state index in [1.807, 2.05) is 0 Å². The summed E-state index contributed by atoms with van der Waals surface area (Å²) in [5, 5.41) is 10.8. The van der Waals surface area contributed by atoms with Gasteiger partial charge in [0.15, 0.2) is 0 Å². The summed E-state index contributed by atoms with van der Waals surface area (Å²) in [6.45, 7) is 3.50. The highest BCUT2D eigenvalue weighted by Gasteiger charge is 2.55. The standard InChI is InChI=1S/C18H28FN3O2/c1-17(5-12-7-18(2-3-24-18)8-13(12)6-17)21-10-16(23)22-11-14(19)4-15(22)9-20/h9,12-15,20-21H,2-8,10-11H2,1H3/t12-,13+,14-,15-,17+,18?/m0/s1.